The largest absolute Gasteiger partial charge is 0.482 e. The Hall–Kier alpha value is -2.24. The first-order valence-corrected chi connectivity index (χ1v) is 8.25. The van der Waals surface area contributed by atoms with E-state index in [1.165, 1.54) is 6.92 Å². The molecule has 0 aliphatic carbocycles. The molecule has 0 heterocycles. The molecule has 2 aromatic rings. The number of amides is 1. The fourth-order valence-corrected chi connectivity index (χ4v) is 2.53. The third kappa shape index (κ3) is 6.29. The lowest BCUT2D eigenvalue weighted by molar-refractivity contribution is -0.155. The van der Waals surface area contributed by atoms with E-state index in [2.05, 4.69) is 5.32 Å². The van der Waals surface area contributed by atoms with Crippen LogP contribution in [0.15, 0.2) is 42.5 Å². The van der Waals surface area contributed by atoms with Crippen molar-refractivity contribution in [1.29, 1.82) is 0 Å². The molecule has 1 N–H and O–H groups in total. The van der Waals surface area contributed by atoms with Gasteiger partial charge in [-0.1, -0.05) is 35.3 Å². The fourth-order valence-electron chi connectivity index (χ4n) is 2.00. The lowest BCUT2D eigenvalue weighted by Gasteiger charge is -2.14. The summed E-state index contributed by atoms with van der Waals surface area (Å²) in [5.74, 6) is -0.585. The molecule has 5 nitrogen and oxygen atoms in total. The summed E-state index contributed by atoms with van der Waals surface area (Å²) in [5, 5.41) is 3.36. The molecule has 0 saturated heterocycles. The van der Waals surface area contributed by atoms with Crippen LogP contribution < -0.4 is 10.1 Å². The van der Waals surface area contributed by atoms with Crippen LogP contribution in [0.2, 0.25) is 10.0 Å². The number of carbonyl (C=O) groups excluding carboxylic acids is 2. The Balaban J connectivity index is 1.84. The third-order valence-electron chi connectivity index (χ3n) is 3.15. The standard InChI is InChI=1S/C18H17Cl2NO4/c1-11-4-3-5-16(6-11)24-10-17(22)25-12(2)18(23)21-15-8-13(19)7-14(20)9-15/h3-9,12H,10H2,1-2H3,(H,21,23)/t12-/m1/s1. The van der Waals surface area contributed by atoms with Gasteiger partial charge >= 0.3 is 5.97 Å². The Morgan fingerprint density at radius 1 is 1.12 bits per heavy atom. The number of benzene rings is 2. The molecule has 2 aromatic carbocycles. The van der Waals surface area contributed by atoms with E-state index in [4.69, 9.17) is 32.7 Å². The van der Waals surface area contributed by atoms with Crippen LogP contribution in [-0.4, -0.2) is 24.6 Å². The highest BCUT2D eigenvalue weighted by Gasteiger charge is 2.18. The Bertz CT molecular complexity index is 759. The van der Waals surface area contributed by atoms with Gasteiger partial charge in [-0.15, -0.1) is 0 Å². The number of nitrogens with one attached hydrogen (secondary N) is 1. The van der Waals surface area contributed by atoms with Crippen molar-refractivity contribution in [2.24, 2.45) is 0 Å². The molecule has 0 saturated carbocycles. The Morgan fingerprint density at radius 2 is 1.80 bits per heavy atom. The minimum Gasteiger partial charge on any atom is -0.482 e. The lowest BCUT2D eigenvalue weighted by atomic mass is 10.2. The first-order chi connectivity index (χ1) is 11.8. The monoisotopic (exact) mass is 381 g/mol. The zero-order valence-electron chi connectivity index (χ0n) is 13.7. The van der Waals surface area contributed by atoms with E-state index >= 15 is 0 Å². The number of anilines is 1. The van der Waals surface area contributed by atoms with Gasteiger partial charge in [0, 0.05) is 15.7 Å². The minimum absolute atomic E-state index is 0.288. The van der Waals surface area contributed by atoms with Crippen LogP contribution in [0.5, 0.6) is 5.75 Å². The number of halogens is 2. The highest BCUT2D eigenvalue weighted by Crippen LogP contribution is 2.22. The van der Waals surface area contributed by atoms with E-state index < -0.39 is 18.0 Å². The highest BCUT2D eigenvalue weighted by molar-refractivity contribution is 6.35. The summed E-state index contributed by atoms with van der Waals surface area (Å²) < 4.78 is 10.4. The zero-order chi connectivity index (χ0) is 18.4. The third-order valence-corrected chi connectivity index (χ3v) is 3.59. The van der Waals surface area contributed by atoms with Crippen molar-refractivity contribution >= 4 is 40.8 Å². The number of hydrogen-bond donors (Lipinski definition) is 1. The zero-order valence-corrected chi connectivity index (χ0v) is 15.2. The van der Waals surface area contributed by atoms with Gasteiger partial charge < -0.3 is 14.8 Å². The second-order valence-corrected chi connectivity index (χ2v) is 6.26. The molecule has 1 atom stereocenters. The first kappa shape index (κ1) is 19.1. The van der Waals surface area contributed by atoms with Crippen molar-refractivity contribution in [3.8, 4) is 5.75 Å². The van der Waals surface area contributed by atoms with Crippen molar-refractivity contribution in [2.45, 2.75) is 20.0 Å². The summed E-state index contributed by atoms with van der Waals surface area (Å²) in [7, 11) is 0. The van der Waals surface area contributed by atoms with Crippen molar-refractivity contribution in [2.75, 3.05) is 11.9 Å². The maximum Gasteiger partial charge on any atom is 0.344 e. The summed E-state index contributed by atoms with van der Waals surface area (Å²) in [4.78, 5) is 23.9. The number of esters is 1. The Labute approximate surface area is 155 Å². The second kappa shape index (κ2) is 8.74. The maximum absolute atomic E-state index is 12.1. The molecule has 0 aliphatic heterocycles. The number of ether oxygens (including phenoxy) is 2. The molecule has 1 amide bonds. The predicted molar refractivity (Wildman–Crippen MR) is 97.3 cm³/mol. The van der Waals surface area contributed by atoms with Crippen molar-refractivity contribution < 1.29 is 19.1 Å². The van der Waals surface area contributed by atoms with Gasteiger partial charge in [-0.05, 0) is 49.7 Å². The molecule has 0 radical (unpaired) electrons. The van der Waals surface area contributed by atoms with Crippen LogP contribution in [0, 0.1) is 6.92 Å². The van der Waals surface area contributed by atoms with Gasteiger partial charge in [0.05, 0.1) is 0 Å². The molecule has 0 bridgehead atoms. The smallest absolute Gasteiger partial charge is 0.344 e. The molecular weight excluding hydrogens is 365 g/mol. The molecule has 0 unspecified atom stereocenters. The van der Waals surface area contributed by atoms with E-state index in [1.807, 2.05) is 19.1 Å². The summed E-state index contributed by atoms with van der Waals surface area (Å²) in [6.07, 6.45) is -0.994. The molecular formula is C18H17Cl2NO4. The summed E-state index contributed by atoms with van der Waals surface area (Å²) in [5.41, 5.74) is 1.43. The molecule has 132 valence electrons. The second-order valence-electron chi connectivity index (χ2n) is 5.38. The SMILES string of the molecule is Cc1cccc(OCC(=O)O[C@H](C)C(=O)Nc2cc(Cl)cc(Cl)c2)c1. The molecule has 7 heteroatoms. The van der Waals surface area contributed by atoms with E-state index in [9.17, 15) is 9.59 Å². The van der Waals surface area contributed by atoms with Crippen LogP contribution in [0.25, 0.3) is 0 Å². The van der Waals surface area contributed by atoms with Gasteiger partial charge in [-0.25, -0.2) is 4.79 Å². The minimum atomic E-state index is -0.994. The summed E-state index contributed by atoms with van der Waals surface area (Å²) in [6.45, 7) is 3.09. The van der Waals surface area contributed by atoms with Crippen molar-refractivity contribution in [1.82, 2.24) is 0 Å². The Kier molecular flexibility index (Phi) is 6.67. The summed E-state index contributed by atoms with van der Waals surface area (Å²) >= 11 is 11.7. The van der Waals surface area contributed by atoms with E-state index in [-0.39, 0.29) is 6.61 Å². The van der Waals surface area contributed by atoms with Gasteiger partial charge in [0.2, 0.25) is 0 Å². The fraction of sp³-hybridized carbons (Fsp3) is 0.222. The highest BCUT2D eigenvalue weighted by atomic mass is 35.5. The lowest BCUT2D eigenvalue weighted by Crippen LogP contribution is -2.31. The molecule has 0 aliphatic rings. The number of aryl methyl sites for hydroxylation is 1. The average molecular weight is 382 g/mol. The van der Waals surface area contributed by atoms with Gasteiger partial charge in [-0.2, -0.15) is 0 Å². The molecule has 2 rings (SSSR count). The quantitative estimate of drug-likeness (QED) is 0.759. The van der Waals surface area contributed by atoms with E-state index in [0.717, 1.165) is 5.56 Å². The van der Waals surface area contributed by atoms with Crippen LogP contribution >= 0.6 is 23.2 Å². The molecule has 25 heavy (non-hydrogen) atoms. The average Bonchev–Trinajstić information content (AvgIpc) is 2.52. The van der Waals surface area contributed by atoms with Gasteiger partial charge in [0.25, 0.3) is 5.91 Å². The maximum atomic E-state index is 12.1. The number of rotatable bonds is 6. The molecule has 0 spiro atoms. The van der Waals surface area contributed by atoms with E-state index in [1.54, 1.807) is 30.3 Å². The normalized spacial score (nSPS) is 11.5. The van der Waals surface area contributed by atoms with Gasteiger partial charge in [0.1, 0.15) is 5.75 Å². The van der Waals surface area contributed by atoms with Crippen molar-refractivity contribution in [3.05, 3.63) is 58.1 Å². The van der Waals surface area contributed by atoms with Crippen LogP contribution in [0.1, 0.15) is 12.5 Å². The molecule has 0 aromatic heterocycles. The van der Waals surface area contributed by atoms with Crippen LogP contribution in [0.3, 0.4) is 0 Å². The first-order valence-electron chi connectivity index (χ1n) is 7.49. The van der Waals surface area contributed by atoms with Gasteiger partial charge in [-0.3, -0.25) is 4.79 Å². The molecule has 0 fully saturated rings. The summed E-state index contributed by atoms with van der Waals surface area (Å²) in [6, 6.07) is 11.9. The van der Waals surface area contributed by atoms with Crippen LogP contribution in [-0.2, 0) is 14.3 Å². The predicted octanol–water partition coefficient (Wildman–Crippen LogP) is 4.25. The topological polar surface area (TPSA) is 64.6 Å². The van der Waals surface area contributed by atoms with Crippen molar-refractivity contribution in [3.63, 3.8) is 0 Å². The Morgan fingerprint density at radius 3 is 2.44 bits per heavy atom. The number of hydrogen-bond acceptors (Lipinski definition) is 4. The van der Waals surface area contributed by atoms with Gasteiger partial charge in [0.15, 0.2) is 12.7 Å². The van der Waals surface area contributed by atoms with E-state index in [0.29, 0.717) is 21.5 Å². The van der Waals surface area contributed by atoms with Crippen LogP contribution in [0.4, 0.5) is 5.69 Å². The number of carbonyl (C=O) groups is 2.